The van der Waals surface area contributed by atoms with E-state index in [1.807, 2.05) is 41.7 Å². The molecule has 2 aromatic heterocycles. The number of fused-ring (bicyclic) bond motifs is 3. The number of carbonyl (C=O) groups excluding carboxylic acids is 1. The van der Waals surface area contributed by atoms with Crippen LogP contribution in [-0.4, -0.2) is 26.3 Å². The van der Waals surface area contributed by atoms with Gasteiger partial charge in [-0.2, -0.15) is 0 Å². The van der Waals surface area contributed by atoms with Gasteiger partial charge in [-0.3, -0.25) is 9.20 Å². The maximum Gasteiger partial charge on any atom is 0.230 e. The van der Waals surface area contributed by atoms with Crippen molar-refractivity contribution in [1.29, 1.82) is 0 Å². The Morgan fingerprint density at radius 3 is 2.89 bits per heavy atom. The third-order valence-electron chi connectivity index (χ3n) is 4.05. The normalized spacial score (nSPS) is 12.6. The van der Waals surface area contributed by atoms with Crippen LogP contribution in [0.5, 0.6) is 0 Å². The highest BCUT2D eigenvalue weighted by atomic mass is 35.5. The van der Waals surface area contributed by atoms with E-state index in [9.17, 15) is 4.79 Å². The number of nitrogens with zero attached hydrogens (tertiary/aromatic N) is 3. The van der Waals surface area contributed by atoms with E-state index < -0.39 is 0 Å². The molecular weight excluding hydrogens is 423 g/mol. The van der Waals surface area contributed by atoms with Crippen LogP contribution in [0, 0.1) is 0 Å². The molecule has 0 aliphatic heterocycles. The van der Waals surface area contributed by atoms with Gasteiger partial charge in [-0.1, -0.05) is 64.5 Å². The Kier molecular flexibility index (Phi) is 5.27. The van der Waals surface area contributed by atoms with Crippen molar-refractivity contribution in [2.24, 2.45) is 0 Å². The van der Waals surface area contributed by atoms with Crippen LogP contribution >= 0.6 is 46.3 Å². The summed E-state index contributed by atoms with van der Waals surface area (Å²) in [4.78, 5) is 13.2. The highest BCUT2D eigenvalue weighted by Gasteiger charge is 2.16. The molecule has 0 aliphatic rings. The van der Waals surface area contributed by atoms with Gasteiger partial charge in [-0.15, -0.1) is 10.2 Å². The van der Waals surface area contributed by atoms with Crippen LogP contribution in [0.3, 0.4) is 0 Å². The fraction of sp³-hybridized carbons (Fsp3) is 0.167. The first-order valence-corrected chi connectivity index (χ1v) is 10.7. The minimum absolute atomic E-state index is 0.102. The summed E-state index contributed by atoms with van der Waals surface area (Å²) < 4.78 is 3.12. The quantitative estimate of drug-likeness (QED) is 0.435. The molecule has 0 spiro atoms. The Hall–Kier alpha value is -1.80. The molecule has 0 fully saturated rings. The average molecular weight is 437 g/mol. The fourth-order valence-electron chi connectivity index (χ4n) is 2.79. The van der Waals surface area contributed by atoms with Crippen LogP contribution in [0.2, 0.25) is 10.0 Å². The molecule has 138 valence electrons. The first-order valence-electron chi connectivity index (χ1n) is 8.12. The van der Waals surface area contributed by atoms with Crippen molar-refractivity contribution < 1.29 is 4.79 Å². The molecule has 0 bridgehead atoms. The van der Waals surface area contributed by atoms with Gasteiger partial charge in [0.15, 0.2) is 5.16 Å². The van der Waals surface area contributed by atoms with Gasteiger partial charge in [0, 0.05) is 10.0 Å². The van der Waals surface area contributed by atoms with E-state index in [0.29, 0.717) is 15.2 Å². The lowest BCUT2D eigenvalue weighted by molar-refractivity contribution is -0.119. The second-order valence-electron chi connectivity index (χ2n) is 5.91. The second-order valence-corrected chi connectivity index (χ2v) is 8.71. The number of carbonyl (C=O) groups is 1. The molecule has 0 saturated carbocycles. The van der Waals surface area contributed by atoms with Crippen LogP contribution in [0.1, 0.15) is 18.5 Å². The number of aromatic nitrogens is 3. The Morgan fingerprint density at radius 1 is 1.26 bits per heavy atom. The lowest BCUT2D eigenvalue weighted by atomic mass is 10.1. The molecule has 4 aromatic rings. The molecule has 1 unspecified atom stereocenters. The van der Waals surface area contributed by atoms with Gasteiger partial charge in [-0.25, -0.2) is 0 Å². The van der Waals surface area contributed by atoms with E-state index in [0.717, 1.165) is 20.7 Å². The van der Waals surface area contributed by atoms with Crippen molar-refractivity contribution >= 4 is 67.4 Å². The third-order valence-corrected chi connectivity index (χ3v) is 6.55. The average Bonchev–Trinajstić information content (AvgIpc) is 3.19. The molecule has 5 nitrogen and oxygen atoms in total. The molecule has 0 aliphatic carbocycles. The van der Waals surface area contributed by atoms with Crippen LogP contribution in [0.25, 0.3) is 15.2 Å². The van der Waals surface area contributed by atoms with Crippen LogP contribution in [0.15, 0.2) is 47.6 Å². The molecule has 1 atom stereocenters. The molecular formula is C18H14Cl2N4OS2. The first kappa shape index (κ1) is 18.6. The predicted octanol–water partition coefficient (Wildman–Crippen LogP) is 5.22. The number of benzene rings is 2. The zero-order valence-corrected chi connectivity index (χ0v) is 17.3. The Bertz CT molecular complexity index is 1140. The van der Waals surface area contributed by atoms with Crippen molar-refractivity contribution in [3.8, 4) is 0 Å². The maximum absolute atomic E-state index is 12.4. The zero-order chi connectivity index (χ0) is 19.0. The molecule has 2 aromatic carbocycles. The highest BCUT2D eigenvalue weighted by molar-refractivity contribution is 7.99. The van der Waals surface area contributed by atoms with Crippen LogP contribution in [-0.2, 0) is 4.79 Å². The van der Waals surface area contributed by atoms with E-state index in [4.69, 9.17) is 23.2 Å². The molecule has 1 N–H and O–H groups in total. The summed E-state index contributed by atoms with van der Waals surface area (Å²) in [6.45, 7) is 1.89. The Labute approximate surface area is 173 Å². The number of rotatable bonds is 5. The van der Waals surface area contributed by atoms with Gasteiger partial charge in [0.2, 0.25) is 10.9 Å². The van der Waals surface area contributed by atoms with Gasteiger partial charge in [0.05, 0.1) is 22.0 Å². The summed E-state index contributed by atoms with van der Waals surface area (Å²) in [6, 6.07) is 13.1. The number of halogens is 2. The minimum atomic E-state index is -0.219. The number of nitrogens with one attached hydrogen (secondary N) is 1. The topological polar surface area (TPSA) is 59.3 Å². The summed E-state index contributed by atoms with van der Waals surface area (Å²) in [6.07, 6.45) is 0. The molecule has 27 heavy (non-hydrogen) atoms. The summed E-state index contributed by atoms with van der Waals surface area (Å²) in [7, 11) is 0. The maximum atomic E-state index is 12.4. The van der Waals surface area contributed by atoms with Gasteiger partial charge in [0.25, 0.3) is 0 Å². The lowest BCUT2D eigenvalue weighted by Crippen LogP contribution is -2.28. The van der Waals surface area contributed by atoms with Gasteiger partial charge in [-0.05, 0) is 36.8 Å². The summed E-state index contributed by atoms with van der Waals surface area (Å²) in [5, 5.41) is 13.2. The number of hydrogen-bond acceptors (Lipinski definition) is 5. The predicted molar refractivity (Wildman–Crippen MR) is 112 cm³/mol. The summed E-state index contributed by atoms with van der Waals surface area (Å²) >= 11 is 15.1. The smallest absolute Gasteiger partial charge is 0.230 e. The van der Waals surface area contributed by atoms with Crippen LogP contribution < -0.4 is 5.32 Å². The minimum Gasteiger partial charge on any atom is -0.349 e. The fourth-order valence-corrected chi connectivity index (χ4v) is 5.14. The monoisotopic (exact) mass is 436 g/mol. The molecule has 0 saturated heterocycles. The van der Waals surface area contributed by atoms with Gasteiger partial charge in [0.1, 0.15) is 0 Å². The standard InChI is InChI=1S/C18H14Cl2N4OS2/c1-10(12-7-6-11(19)8-13(12)20)21-16(25)9-26-17-22-23-18-24(17)14-4-2-3-5-15(14)27-18/h2-8,10H,9H2,1H3,(H,21,25). The number of amides is 1. The SMILES string of the molecule is CC(NC(=O)CSc1nnc2sc3ccccc3n12)c1ccc(Cl)cc1Cl. The van der Waals surface area contributed by atoms with Gasteiger partial charge < -0.3 is 5.32 Å². The van der Waals surface area contributed by atoms with Crippen molar-refractivity contribution in [3.05, 3.63) is 58.1 Å². The third kappa shape index (κ3) is 3.78. The number of hydrogen-bond donors (Lipinski definition) is 1. The van der Waals surface area contributed by atoms with Crippen LogP contribution in [0.4, 0.5) is 0 Å². The molecule has 2 heterocycles. The van der Waals surface area contributed by atoms with E-state index in [1.54, 1.807) is 23.5 Å². The first-order chi connectivity index (χ1) is 13.0. The Morgan fingerprint density at radius 2 is 2.07 bits per heavy atom. The number of thiazole rings is 1. The van der Waals surface area contributed by atoms with E-state index in [1.165, 1.54) is 11.8 Å². The van der Waals surface area contributed by atoms with Crippen molar-refractivity contribution in [2.45, 2.75) is 18.1 Å². The zero-order valence-electron chi connectivity index (χ0n) is 14.1. The highest BCUT2D eigenvalue weighted by Crippen LogP contribution is 2.30. The number of thioether (sulfide) groups is 1. The molecule has 9 heteroatoms. The van der Waals surface area contributed by atoms with Crippen molar-refractivity contribution in [1.82, 2.24) is 19.9 Å². The largest absolute Gasteiger partial charge is 0.349 e. The lowest BCUT2D eigenvalue weighted by Gasteiger charge is -2.15. The van der Waals surface area contributed by atoms with E-state index >= 15 is 0 Å². The van der Waals surface area contributed by atoms with E-state index in [-0.39, 0.29) is 17.7 Å². The van der Waals surface area contributed by atoms with Gasteiger partial charge >= 0.3 is 0 Å². The molecule has 1 amide bonds. The molecule has 0 radical (unpaired) electrons. The van der Waals surface area contributed by atoms with Crippen molar-refractivity contribution in [3.63, 3.8) is 0 Å². The van der Waals surface area contributed by atoms with E-state index in [2.05, 4.69) is 15.5 Å². The molecule has 4 rings (SSSR count). The summed E-state index contributed by atoms with van der Waals surface area (Å²) in [5.41, 5.74) is 1.87. The van der Waals surface area contributed by atoms with Crippen molar-refractivity contribution in [2.75, 3.05) is 5.75 Å². The Balaban J connectivity index is 1.45. The number of para-hydroxylation sites is 1. The summed E-state index contributed by atoms with van der Waals surface area (Å²) in [5.74, 6) is 0.135. The second kappa shape index (κ2) is 7.67.